The molecule has 1 aromatic carbocycles. The van der Waals surface area contributed by atoms with Crippen LogP contribution < -0.4 is 14.8 Å². The summed E-state index contributed by atoms with van der Waals surface area (Å²) < 4.78 is 16.4. The Hall–Kier alpha value is -3.42. The van der Waals surface area contributed by atoms with Crippen LogP contribution in [0.5, 0.6) is 11.5 Å². The van der Waals surface area contributed by atoms with Gasteiger partial charge in [0.2, 0.25) is 5.75 Å². The van der Waals surface area contributed by atoms with Crippen molar-refractivity contribution in [3.63, 3.8) is 0 Å². The number of hydrogen-bond donors (Lipinski definition) is 1. The van der Waals surface area contributed by atoms with Crippen LogP contribution in [0.2, 0.25) is 0 Å². The van der Waals surface area contributed by atoms with Crippen molar-refractivity contribution in [1.82, 2.24) is 10.3 Å². The number of rotatable bonds is 9. The van der Waals surface area contributed by atoms with E-state index in [1.807, 2.05) is 13.0 Å². The van der Waals surface area contributed by atoms with Crippen LogP contribution in [-0.4, -0.2) is 42.1 Å². The fourth-order valence-electron chi connectivity index (χ4n) is 5.09. The molecule has 37 heavy (non-hydrogen) atoms. The Kier molecular flexibility index (Phi) is 10.5. The van der Waals surface area contributed by atoms with Crippen molar-refractivity contribution >= 4 is 17.8 Å². The van der Waals surface area contributed by atoms with Crippen molar-refractivity contribution in [2.75, 3.05) is 7.11 Å². The van der Waals surface area contributed by atoms with Crippen molar-refractivity contribution in [3.05, 3.63) is 53.9 Å². The smallest absolute Gasteiger partial charge is 0.328 e. The molecule has 8 nitrogen and oxygen atoms in total. The second-order valence-corrected chi connectivity index (χ2v) is 9.64. The van der Waals surface area contributed by atoms with E-state index in [2.05, 4.69) is 41.5 Å². The number of benzene rings is 1. The van der Waals surface area contributed by atoms with Crippen LogP contribution in [0, 0.1) is 11.8 Å². The Morgan fingerprint density at radius 3 is 2.59 bits per heavy atom. The minimum atomic E-state index is -0.838. The maximum absolute atomic E-state index is 13.2. The Bertz CT molecular complexity index is 1060. The summed E-state index contributed by atoms with van der Waals surface area (Å²) >= 11 is 0. The van der Waals surface area contributed by atoms with Crippen LogP contribution in [0.25, 0.3) is 0 Å². The van der Waals surface area contributed by atoms with Gasteiger partial charge in [-0.05, 0) is 50.0 Å². The Balaban J connectivity index is 1.80. The molecule has 1 aromatic heterocycles. The van der Waals surface area contributed by atoms with E-state index >= 15 is 0 Å². The molecule has 1 unspecified atom stereocenters. The second-order valence-electron chi connectivity index (χ2n) is 9.64. The molecular weight excluding hydrogens is 472 g/mol. The van der Waals surface area contributed by atoms with Gasteiger partial charge >= 0.3 is 11.9 Å². The third-order valence-corrected chi connectivity index (χ3v) is 6.95. The highest BCUT2D eigenvalue weighted by Crippen LogP contribution is 2.34. The molecule has 1 fully saturated rings. The number of methoxy groups -OCH3 is 1. The molecule has 0 saturated carbocycles. The molecular formula is C29H38N2O6. The monoisotopic (exact) mass is 510 g/mol. The Labute approximate surface area is 219 Å². The van der Waals surface area contributed by atoms with Gasteiger partial charge in [-0.1, -0.05) is 56.5 Å². The van der Waals surface area contributed by atoms with Crippen molar-refractivity contribution in [3.8, 4) is 11.5 Å². The molecule has 0 aliphatic carbocycles. The summed E-state index contributed by atoms with van der Waals surface area (Å²) in [6.07, 6.45) is 7.28. The van der Waals surface area contributed by atoms with E-state index in [0.29, 0.717) is 12.3 Å². The predicted molar refractivity (Wildman–Crippen MR) is 139 cm³/mol. The SMILES string of the molecule is CCCC[C@@H]1[C@@H](Cc2ccccc2)CCCC(NC(=O)c2nccc(OC)c2OC(C)=O)C(=O)O[C@H]1C. The number of hydrogen-bond acceptors (Lipinski definition) is 7. The van der Waals surface area contributed by atoms with Gasteiger partial charge in [-0.2, -0.15) is 0 Å². The topological polar surface area (TPSA) is 104 Å². The van der Waals surface area contributed by atoms with E-state index in [1.165, 1.54) is 31.9 Å². The number of nitrogens with zero attached hydrogens (tertiary/aromatic N) is 1. The van der Waals surface area contributed by atoms with Crippen LogP contribution in [0.4, 0.5) is 0 Å². The zero-order valence-electron chi connectivity index (χ0n) is 22.2. The van der Waals surface area contributed by atoms with E-state index in [1.54, 1.807) is 0 Å². The lowest BCUT2D eigenvalue weighted by molar-refractivity contribution is -0.154. The van der Waals surface area contributed by atoms with Gasteiger partial charge in [-0.15, -0.1) is 0 Å². The van der Waals surface area contributed by atoms with E-state index in [0.717, 1.165) is 38.5 Å². The van der Waals surface area contributed by atoms with Gasteiger partial charge in [0.1, 0.15) is 12.1 Å². The van der Waals surface area contributed by atoms with Gasteiger partial charge < -0.3 is 19.5 Å². The fraction of sp³-hybridized carbons (Fsp3) is 0.517. The number of ether oxygens (including phenoxy) is 3. The van der Waals surface area contributed by atoms with Gasteiger partial charge in [-0.3, -0.25) is 9.59 Å². The van der Waals surface area contributed by atoms with Crippen molar-refractivity contribution in [2.45, 2.75) is 77.9 Å². The van der Waals surface area contributed by atoms with Crippen LogP contribution >= 0.6 is 0 Å². The Morgan fingerprint density at radius 1 is 1.16 bits per heavy atom. The molecule has 1 aliphatic rings. The molecule has 2 aromatic rings. The molecule has 1 aliphatic heterocycles. The molecule has 8 heteroatoms. The predicted octanol–water partition coefficient (Wildman–Crippen LogP) is 4.89. The number of unbranched alkanes of at least 4 members (excludes halogenated alkanes) is 1. The Morgan fingerprint density at radius 2 is 1.92 bits per heavy atom. The first-order valence-corrected chi connectivity index (χ1v) is 13.1. The fourth-order valence-corrected chi connectivity index (χ4v) is 5.09. The second kappa shape index (κ2) is 13.8. The van der Waals surface area contributed by atoms with Gasteiger partial charge in [0.05, 0.1) is 7.11 Å². The number of pyridine rings is 1. The summed E-state index contributed by atoms with van der Waals surface area (Å²) in [5, 5.41) is 2.77. The van der Waals surface area contributed by atoms with Crippen molar-refractivity contribution < 1.29 is 28.6 Å². The number of amides is 1. The number of carbonyl (C=O) groups is 3. The minimum absolute atomic E-state index is 0.0812. The lowest BCUT2D eigenvalue weighted by atomic mass is 9.78. The molecule has 1 amide bonds. The van der Waals surface area contributed by atoms with Crippen molar-refractivity contribution in [2.24, 2.45) is 11.8 Å². The maximum Gasteiger partial charge on any atom is 0.328 e. The largest absolute Gasteiger partial charge is 0.493 e. The normalized spacial score (nSPS) is 22.1. The highest BCUT2D eigenvalue weighted by atomic mass is 16.6. The van der Waals surface area contributed by atoms with Gasteiger partial charge in [0.15, 0.2) is 11.4 Å². The molecule has 200 valence electrons. The summed E-state index contributed by atoms with van der Waals surface area (Å²) in [5.41, 5.74) is 1.15. The summed E-state index contributed by atoms with van der Waals surface area (Å²) in [4.78, 5) is 42.1. The number of nitrogens with one attached hydrogen (secondary N) is 1. The van der Waals surface area contributed by atoms with Crippen molar-refractivity contribution in [1.29, 1.82) is 0 Å². The first kappa shape index (κ1) is 28.2. The lowest BCUT2D eigenvalue weighted by Crippen LogP contribution is -2.43. The van der Waals surface area contributed by atoms with E-state index in [-0.39, 0.29) is 29.2 Å². The first-order valence-electron chi connectivity index (χ1n) is 13.1. The zero-order valence-corrected chi connectivity index (χ0v) is 22.2. The zero-order chi connectivity index (χ0) is 26.8. The summed E-state index contributed by atoms with van der Waals surface area (Å²) in [6, 6.07) is 11.1. The third-order valence-electron chi connectivity index (χ3n) is 6.95. The van der Waals surface area contributed by atoms with Crippen LogP contribution in [-0.2, 0) is 20.7 Å². The quantitative estimate of drug-likeness (QED) is 0.479. The third kappa shape index (κ3) is 7.78. The van der Waals surface area contributed by atoms with Crippen LogP contribution in [0.1, 0.15) is 75.3 Å². The van der Waals surface area contributed by atoms with E-state index < -0.39 is 23.9 Å². The summed E-state index contributed by atoms with van der Waals surface area (Å²) in [6.45, 7) is 5.36. The molecule has 0 spiro atoms. The minimum Gasteiger partial charge on any atom is -0.493 e. The molecule has 0 bridgehead atoms. The summed E-state index contributed by atoms with van der Waals surface area (Å²) in [5.74, 6) is -0.993. The molecule has 3 rings (SSSR count). The van der Waals surface area contributed by atoms with E-state index in [4.69, 9.17) is 14.2 Å². The average Bonchev–Trinajstić information content (AvgIpc) is 2.92. The average molecular weight is 511 g/mol. The summed E-state index contributed by atoms with van der Waals surface area (Å²) in [7, 11) is 1.40. The molecule has 1 saturated heterocycles. The van der Waals surface area contributed by atoms with Gasteiger partial charge in [-0.25, -0.2) is 9.78 Å². The molecule has 4 atom stereocenters. The molecule has 0 radical (unpaired) electrons. The standard InChI is InChI=1S/C29H38N2O6/c1-5-6-14-23-19(2)36-29(34)24(15-10-13-22(23)18-21-11-8-7-9-12-21)31-28(33)26-27(37-20(3)32)25(35-4)16-17-30-26/h7-9,11-12,16-17,19,22-24H,5-6,10,13-15,18H2,1-4H3,(H,31,33)/t19-,22+,23-,24?/m0/s1. The lowest BCUT2D eigenvalue weighted by Gasteiger charge is -2.31. The highest BCUT2D eigenvalue weighted by molar-refractivity contribution is 5.98. The van der Waals surface area contributed by atoms with Gasteiger partial charge in [0.25, 0.3) is 5.91 Å². The van der Waals surface area contributed by atoms with Gasteiger partial charge in [0, 0.05) is 19.2 Å². The maximum atomic E-state index is 13.2. The number of cyclic esters (lactones) is 1. The number of carbonyl (C=O) groups excluding carboxylic acids is 3. The molecule has 1 N–H and O–H groups in total. The number of aromatic nitrogens is 1. The first-order chi connectivity index (χ1) is 17.8. The number of esters is 2. The van der Waals surface area contributed by atoms with Crippen LogP contribution in [0.15, 0.2) is 42.6 Å². The highest BCUT2D eigenvalue weighted by Gasteiger charge is 2.34. The van der Waals surface area contributed by atoms with E-state index in [9.17, 15) is 14.4 Å². The van der Waals surface area contributed by atoms with Crippen LogP contribution in [0.3, 0.4) is 0 Å². The molecule has 2 heterocycles.